The summed E-state index contributed by atoms with van der Waals surface area (Å²) in [6.45, 7) is 2.77. The van der Waals surface area contributed by atoms with Crippen LogP contribution in [0.25, 0.3) is 11.0 Å². The van der Waals surface area contributed by atoms with Crippen LogP contribution < -0.4 is 19.5 Å². The number of ether oxygens (including phenoxy) is 4. The second kappa shape index (κ2) is 14.6. The Labute approximate surface area is 255 Å². The van der Waals surface area contributed by atoms with Crippen molar-refractivity contribution in [1.29, 1.82) is 0 Å². The van der Waals surface area contributed by atoms with Crippen LogP contribution in [0.4, 0.5) is 0 Å². The summed E-state index contributed by atoms with van der Waals surface area (Å²) < 4.78 is 22.4. The quantitative estimate of drug-likeness (QED) is 0.142. The molecule has 0 bridgehead atoms. The second-order valence-corrected chi connectivity index (χ2v) is 10.00. The molecule has 4 aromatic carbocycles. The standard InChI is InChI=1S/C35H33N3O6/c1-24-34(38-31-14-7-6-13-30(31)36-24)43-20-19-42-29-12-8-11-27(22-29)33(39)37-32(35(40)41-2)21-25-15-17-28(18-16-25)44-23-26-9-4-3-5-10-26/h3-18,22,32H,19-21,23H2,1-2H3,(H,37,39)/t32-/m0/s1. The minimum Gasteiger partial charge on any atom is -0.490 e. The molecule has 44 heavy (non-hydrogen) atoms. The van der Waals surface area contributed by atoms with Crippen molar-refractivity contribution in [3.8, 4) is 17.4 Å². The van der Waals surface area contributed by atoms with Crippen molar-refractivity contribution in [3.63, 3.8) is 0 Å². The van der Waals surface area contributed by atoms with Gasteiger partial charge in [0.05, 0.1) is 18.1 Å². The summed E-state index contributed by atoms with van der Waals surface area (Å²) >= 11 is 0. The zero-order chi connectivity index (χ0) is 30.7. The maximum Gasteiger partial charge on any atom is 0.328 e. The van der Waals surface area contributed by atoms with Gasteiger partial charge >= 0.3 is 5.97 Å². The number of nitrogens with zero attached hydrogens (tertiary/aromatic N) is 2. The first-order valence-electron chi connectivity index (χ1n) is 14.2. The highest BCUT2D eigenvalue weighted by atomic mass is 16.5. The van der Waals surface area contributed by atoms with Gasteiger partial charge in [0, 0.05) is 12.0 Å². The lowest BCUT2D eigenvalue weighted by Crippen LogP contribution is -2.43. The van der Waals surface area contributed by atoms with Crippen molar-refractivity contribution in [2.75, 3.05) is 20.3 Å². The number of amides is 1. The fourth-order valence-electron chi connectivity index (χ4n) is 4.51. The van der Waals surface area contributed by atoms with Crippen molar-refractivity contribution >= 4 is 22.9 Å². The Morgan fingerprint density at radius 3 is 2.18 bits per heavy atom. The molecule has 0 saturated heterocycles. The average molecular weight is 592 g/mol. The monoisotopic (exact) mass is 591 g/mol. The molecule has 0 aliphatic carbocycles. The molecule has 0 aliphatic rings. The van der Waals surface area contributed by atoms with E-state index in [1.807, 2.05) is 85.8 Å². The van der Waals surface area contributed by atoms with Gasteiger partial charge in [-0.25, -0.2) is 14.8 Å². The predicted octanol–water partition coefficient (Wildman–Crippen LogP) is 5.49. The number of carbonyl (C=O) groups excluding carboxylic acids is 2. The van der Waals surface area contributed by atoms with E-state index >= 15 is 0 Å². The lowest BCUT2D eigenvalue weighted by atomic mass is 10.0. The van der Waals surface area contributed by atoms with E-state index in [-0.39, 0.29) is 19.6 Å². The summed E-state index contributed by atoms with van der Waals surface area (Å²) in [5, 5.41) is 2.79. The van der Waals surface area contributed by atoms with E-state index in [1.54, 1.807) is 24.3 Å². The highest BCUT2D eigenvalue weighted by Gasteiger charge is 2.23. The van der Waals surface area contributed by atoms with E-state index in [0.29, 0.717) is 35.2 Å². The normalized spacial score (nSPS) is 11.4. The molecule has 224 valence electrons. The molecular formula is C35H33N3O6. The number of benzene rings is 4. The molecule has 0 unspecified atom stereocenters. The molecule has 5 aromatic rings. The fraction of sp³-hybridized carbons (Fsp3) is 0.200. The fourth-order valence-corrected chi connectivity index (χ4v) is 4.51. The summed E-state index contributed by atoms with van der Waals surface area (Å²) in [4.78, 5) is 34.7. The molecule has 0 aliphatic heterocycles. The molecular weight excluding hydrogens is 558 g/mol. The Hall–Kier alpha value is -5.44. The van der Waals surface area contributed by atoms with Gasteiger partial charge in [0.15, 0.2) is 0 Å². The lowest BCUT2D eigenvalue weighted by molar-refractivity contribution is -0.142. The van der Waals surface area contributed by atoms with Crippen LogP contribution in [0, 0.1) is 6.92 Å². The molecule has 1 aromatic heterocycles. The average Bonchev–Trinajstić information content (AvgIpc) is 3.06. The second-order valence-electron chi connectivity index (χ2n) is 10.00. The van der Waals surface area contributed by atoms with E-state index < -0.39 is 17.9 Å². The van der Waals surface area contributed by atoms with Gasteiger partial charge < -0.3 is 24.3 Å². The van der Waals surface area contributed by atoms with Crippen LogP contribution >= 0.6 is 0 Å². The van der Waals surface area contributed by atoms with Crippen molar-refractivity contribution < 1.29 is 28.5 Å². The molecule has 9 heteroatoms. The van der Waals surface area contributed by atoms with Crippen LogP contribution in [0.15, 0.2) is 103 Å². The first-order chi connectivity index (χ1) is 21.5. The Morgan fingerprint density at radius 2 is 1.43 bits per heavy atom. The van der Waals surface area contributed by atoms with Crippen molar-refractivity contribution in [1.82, 2.24) is 15.3 Å². The van der Waals surface area contributed by atoms with Gasteiger partial charge in [0.1, 0.15) is 43.1 Å². The first kappa shape index (κ1) is 30.0. The molecule has 0 fully saturated rings. The molecule has 1 N–H and O–H groups in total. The van der Waals surface area contributed by atoms with Crippen LogP contribution in [0.1, 0.15) is 27.2 Å². The molecule has 0 radical (unpaired) electrons. The molecule has 5 rings (SSSR count). The largest absolute Gasteiger partial charge is 0.490 e. The highest BCUT2D eigenvalue weighted by molar-refractivity contribution is 5.97. The molecule has 0 spiro atoms. The zero-order valence-corrected chi connectivity index (χ0v) is 24.6. The minimum absolute atomic E-state index is 0.231. The smallest absolute Gasteiger partial charge is 0.328 e. The number of para-hydroxylation sites is 2. The minimum atomic E-state index is -0.882. The third-order valence-corrected chi connectivity index (χ3v) is 6.79. The molecule has 1 amide bonds. The number of carbonyl (C=O) groups is 2. The first-order valence-corrected chi connectivity index (χ1v) is 14.2. The van der Waals surface area contributed by atoms with E-state index in [2.05, 4.69) is 15.3 Å². The Bertz CT molecular complexity index is 1710. The lowest BCUT2D eigenvalue weighted by Gasteiger charge is -2.17. The maximum atomic E-state index is 13.1. The zero-order valence-electron chi connectivity index (χ0n) is 24.6. The number of fused-ring (bicyclic) bond motifs is 1. The van der Waals surface area contributed by atoms with E-state index in [0.717, 1.165) is 22.2 Å². The topological polar surface area (TPSA) is 109 Å². The molecule has 0 saturated carbocycles. The Morgan fingerprint density at radius 1 is 0.727 bits per heavy atom. The highest BCUT2D eigenvalue weighted by Crippen LogP contribution is 2.19. The summed E-state index contributed by atoms with van der Waals surface area (Å²) in [5.41, 5.74) is 4.51. The van der Waals surface area contributed by atoms with Gasteiger partial charge in [-0.2, -0.15) is 0 Å². The summed E-state index contributed by atoms with van der Waals surface area (Å²) in [6, 6.07) is 30.7. The third kappa shape index (κ3) is 8.10. The predicted molar refractivity (Wildman–Crippen MR) is 166 cm³/mol. The van der Waals surface area contributed by atoms with Gasteiger partial charge in [0.25, 0.3) is 5.91 Å². The summed E-state index contributed by atoms with van der Waals surface area (Å²) in [7, 11) is 1.30. The number of hydrogen-bond donors (Lipinski definition) is 1. The van der Waals surface area contributed by atoms with Crippen LogP contribution in [0.2, 0.25) is 0 Å². The summed E-state index contributed by atoms with van der Waals surface area (Å²) in [6.07, 6.45) is 0.252. The van der Waals surface area contributed by atoms with Crippen LogP contribution in [-0.4, -0.2) is 48.2 Å². The van der Waals surface area contributed by atoms with Gasteiger partial charge in [-0.05, 0) is 60.5 Å². The Balaban J connectivity index is 1.14. The Kier molecular flexibility index (Phi) is 9.99. The molecule has 1 heterocycles. The summed E-state index contributed by atoms with van der Waals surface area (Å²) in [5.74, 6) is 0.678. The maximum absolute atomic E-state index is 13.1. The number of rotatable bonds is 13. The van der Waals surface area contributed by atoms with Crippen LogP contribution in [-0.2, 0) is 22.6 Å². The third-order valence-electron chi connectivity index (χ3n) is 6.79. The van der Waals surface area contributed by atoms with Gasteiger partial charge in [0.2, 0.25) is 5.88 Å². The number of methoxy groups -OCH3 is 1. The van der Waals surface area contributed by atoms with E-state index in [4.69, 9.17) is 18.9 Å². The molecule has 1 atom stereocenters. The van der Waals surface area contributed by atoms with Crippen molar-refractivity contribution in [2.45, 2.75) is 26.0 Å². The van der Waals surface area contributed by atoms with Crippen LogP contribution in [0.5, 0.6) is 17.4 Å². The van der Waals surface area contributed by atoms with Gasteiger partial charge in [-0.15, -0.1) is 0 Å². The number of hydrogen-bond acceptors (Lipinski definition) is 8. The van der Waals surface area contributed by atoms with E-state index in [1.165, 1.54) is 7.11 Å². The SMILES string of the molecule is COC(=O)[C@H](Cc1ccc(OCc2ccccc2)cc1)NC(=O)c1cccc(OCCOc2nc3ccccc3nc2C)c1. The van der Waals surface area contributed by atoms with Crippen molar-refractivity contribution in [3.05, 3.63) is 126 Å². The van der Waals surface area contributed by atoms with Crippen LogP contribution in [0.3, 0.4) is 0 Å². The van der Waals surface area contributed by atoms with Gasteiger partial charge in [-0.1, -0.05) is 60.7 Å². The number of nitrogens with one attached hydrogen (secondary N) is 1. The molecule has 9 nitrogen and oxygen atoms in total. The van der Waals surface area contributed by atoms with E-state index in [9.17, 15) is 9.59 Å². The number of aromatic nitrogens is 2. The number of esters is 1. The number of aryl methyl sites for hydroxylation is 1. The van der Waals surface area contributed by atoms with Gasteiger partial charge in [-0.3, -0.25) is 4.79 Å². The van der Waals surface area contributed by atoms with Crippen molar-refractivity contribution in [2.24, 2.45) is 0 Å².